The zero-order chi connectivity index (χ0) is 14.4. The van der Waals surface area contributed by atoms with E-state index in [2.05, 4.69) is 12.2 Å². The summed E-state index contributed by atoms with van der Waals surface area (Å²) in [4.78, 5) is 12.1. The van der Waals surface area contributed by atoms with Gasteiger partial charge in [0, 0.05) is 23.8 Å². The number of hydrogen-bond acceptors (Lipinski definition) is 3. The van der Waals surface area contributed by atoms with Gasteiger partial charge in [-0.25, -0.2) is 0 Å². The van der Waals surface area contributed by atoms with Gasteiger partial charge in [0.05, 0.1) is 0 Å². The molecule has 1 aliphatic carbocycles. The highest BCUT2D eigenvalue weighted by atomic mass is 35.5. The summed E-state index contributed by atoms with van der Waals surface area (Å²) in [5, 5.41) is 3.76. The molecule has 0 bridgehead atoms. The molecule has 3 N–H and O–H groups in total. The van der Waals surface area contributed by atoms with Gasteiger partial charge in [0.25, 0.3) is 0 Å². The zero-order valence-electron chi connectivity index (χ0n) is 12.5. The molecule has 0 aromatic heterocycles. The summed E-state index contributed by atoms with van der Waals surface area (Å²) in [6.07, 6.45) is 3.90. The van der Waals surface area contributed by atoms with Gasteiger partial charge in [-0.05, 0) is 24.2 Å². The van der Waals surface area contributed by atoms with E-state index in [1.165, 1.54) is 12.8 Å². The molecule has 3 unspecified atom stereocenters. The predicted molar refractivity (Wildman–Crippen MR) is 92.9 cm³/mol. The minimum Gasteiger partial charge on any atom is -0.352 e. The van der Waals surface area contributed by atoms with E-state index in [4.69, 9.17) is 5.73 Å². The van der Waals surface area contributed by atoms with E-state index in [-0.39, 0.29) is 24.4 Å². The second kappa shape index (κ2) is 9.34. The number of hydrogen-bond donors (Lipinski definition) is 2. The Bertz CT molecular complexity index is 430. The van der Waals surface area contributed by atoms with Gasteiger partial charge in [0.1, 0.15) is 0 Å². The number of benzene rings is 1. The number of thioether (sulfide) groups is 1. The van der Waals surface area contributed by atoms with Crippen LogP contribution in [-0.4, -0.2) is 23.0 Å². The van der Waals surface area contributed by atoms with Crippen molar-refractivity contribution in [3.8, 4) is 0 Å². The third-order valence-electron chi connectivity index (χ3n) is 3.81. The lowest BCUT2D eigenvalue weighted by atomic mass is 10.0. The molecule has 3 nitrogen and oxygen atoms in total. The van der Waals surface area contributed by atoms with E-state index in [1.807, 2.05) is 42.1 Å². The van der Waals surface area contributed by atoms with Crippen LogP contribution in [0.4, 0.5) is 0 Å². The molecule has 21 heavy (non-hydrogen) atoms. The standard InChI is InChI=1S/C16H24N2OS.ClH/c1-2-20-15-10-6-9-14(15)18-16(19)11-13(17)12-7-4-3-5-8-12;/h3-5,7-8,13-15H,2,6,9-11,17H2,1H3,(H,18,19);1H. The van der Waals surface area contributed by atoms with E-state index in [0.29, 0.717) is 17.7 Å². The van der Waals surface area contributed by atoms with Crippen LogP contribution in [0.3, 0.4) is 0 Å². The molecule has 118 valence electrons. The molecule has 5 heteroatoms. The highest BCUT2D eigenvalue weighted by Crippen LogP contribution is 2.30. The highest BCUT2D eigenvalue weighted by molar-refractivity contribution is 7.99. The first-order valence-electron chi connectivity index (χ1n) is 7.42. The number of carbonyl (C=O) groups is 1. The fourth-order valence-electron chi connectivity index (χ4n) is 2.79. The lowest BCUT2D eigenvalue weighted by molar-refractivity contribution is -0.122. The highest BCUT2D eigenvalue weighted by Gasteiger charge is 2.28. The van der Waals surface area contributed by atoms with Crippen LogP contribution in [0.2, 0.25) is 0 Å². The first-order chi connectivity index (χ1) is 9.70. The molecule has 1 aromatic carbocycles. The summed E-state index contributed by atoms with van der Waals surface area (Å²) in [5.74, 6) is 1.19. The van der Waals surface area contributed by atoms with Crippen LogP contribution in [0, 0.1) is 0 Å². The number of nitrogens with one attached hydrogen (secondary N) is 1. The Kier molecular flexibility index (Phi) is 8.15. The molecule has 2 rings (SSSR count). The van der Waals surface area contributed by atoms with Gasteiger partial charge in [0.2, 0.25) is 5.91 Å². The van der Waals surface area contributed by atoms with Crippen LogP contribution in [0.15, 0.2) is 30.3 Å². The normalized spacial score (nSPS) is 22.4. The Balaban J connectivity index is 0.00000220. The predicted octanol–water partition coefficient (Wildman–Crippen LogP) is 3.29. The van der Waals surface area contributed by atoms with E-state index in [1.54, 1.807) is 0 Å². The molecule has 0 aliphatic heterocycles. The molecule has 1 amide bonds. The SMILES string of the molecule is CCSC1CCCC1NC(=O)CC(N)c1ccccc1.Cl. The lowest BCUT2D eigenvalue weighted by Crippen LogP contribution is -2.39. The quantitative estimate of drug-likeness (QED) is 0.842. The summed E-state index contributed by atoms with van der Waals surface area (Å²) < 4.78 is 0. The second-order valence-corrected chi connectivity index (χ2v) is 6.84. The van der Waals surface area contributed by atoms with Crippen molar-refractivity contribution in [2.24, 2.45) is 5.73 Å². The molecular weight excluding hydrogens is 304 g/mol. The van der Waals surface area contributed by atoms with Crippen molar-refractivity contribution in [2.45, 2.75) is 49.9 Å². The largest absolute Gasteiger partial charge is 0.352 e. The van der Waals surface area contributed by atoms with Gasteiger partial charge in [-0.15, -0.1) is 12.4 Å². The number of carbonyl (C=O) groups excluding carboxylic acids is 1. The van der Waals surface area contributed by atoms with Crippen LogP contribution in [0.5, 0.6) is 0 Å². The van der Waals surface area contributed by atoms with Gasteiger partial charge in [0.15, 0.2) is 0 Å². The summed E-state index contributed by atoms with van der Waals surface area (Å²) in [6, 6.07) is 9.94. The molecule has 0 saturated heterocycles. The molecule has 1 saturated carbocycles. The van der Waals surface area contributed by atoms with Crippen molar-refractivity contribution < 1.29 is 4.79 Å². The topological polar surface area (TPSA) is 55.1 Å². The first kappa shape index (κ1) is 18.3. The minimum absolute atomic E-state index is 0. The number of nitrogens with two attached hydrogens (primary N) is 1. The fourth-order valence-corrected chi connectivity index (χ4v) is 3.99. The Morgan fingerprint density at radius 2 is 2.10 bits per heavy atom. The zero-order valence-corrected chi connectivity index (χ0v) is 14.1. The van der Waals surface area contributed by atoms with E-state index in [0.717, 1.165) is 17.7 Å². The van der Waals surface area contributed by atoms with Crippen molar-refractivity contribution in [3.63, 3.8) is 0 Å². The molecule has 0 radical (unpaired) electrons. The maximum atomic E-state index is 12.1. The van der Waals surface area contributed by atoms with Gasteiger partial charge in [-0.2, -0.15) is 11.8 Å². The van der Waals surface area contributed by atoms with Crippen LogP contribution in [0.25, 0.3) is 0 Å². The molecule has 1 aromatic rings. The van der Waals surface area contributed by atoms with Gasteiger partial charge < -0.3 is 11.1 Å². The Morgan fingerprint density at radius 3 is 2.76 bits per heavy atom. The molecule has 1 aliphatic rings. The summed E-state index contributed by atoms with van der Waals surface area (Å²) >= 11 is 1.96. The van der Waals surface area contributed by atoms with Crippen molar-refractivity contribution in [1.82, 2.24) is 5.32 Å². The van der Waals surface area contributed by atoms with Crippen LogP contribution in [0.1, 0.15) is 44.2 Å². The Labute approximate surface area is 137 Å². The van der Waals surface area contributed by atoms with Crippen molar-refractivity contribution in [3.05, 3.63) is 35.9 Å². The van der Waals surface area contributed by atoms with Crippen molar-refractivity contribution >= 4 is 30.1 Å². The molecule has 1 fully saturated rings. The fraction of sp³-hybridized carbons (Fsp3) is 0.562. The van der Waals surface area contributed by atoms with Crippen molar-refractivity contribution in [1.29, 1.82) is 0 Å². The van der Waals surface area contributed by atoms with E-state index < -0.39 is 0 Å². The van der Waals surface area contributed by atoms with Gasteiger partial charge in [-0.3, -0.25) is 4.79 Å². The number of amides is 1. The summed E-state index contributed by atoms with van der Waals surface area (Å²) in [5.41, 5.74) is 7.12. The molecular formula is C16H25ClN2OS. The van der Waals surface area contributed by atoms with Crippen molar-refractivity contribution in [2.75, 3.05) is 5.75 Å². The minimum atomic E-state index is -0.213. The van der Waals surface area contributed by atoms with E-state index in [9.17, 15) is 4.79 Å². The maximum absolute atomic E-state index is 12.1. The number of halogens is 1. The third kappa shape index (κ3) is 5.53. The second-order valence-electron chi connectivity index (χ2n) is 5.32. The van der Waals surface area contributed by atoms with Gasteiger partial charge in [-0.1, -0.05) is 43.7 Å². The molecule has 0 heterocycles. The van der Waals surface area contributed by atoms with Crippen LogP contribution in [-0.2, 0) is 4.79 Å². The average Bonchev–Trinajstić information content (AvgIpc) is 2.87. The number of rotatable bonds is 6. The average molecular weight is 329 g/mol. The Morgan fingerprint density at radius 1 is 1.38 bits per heavy atom. The smallest absolute Gasteiger partial charge is 0.222 e. The van der Waals surface area contributed by atoms with Gasteiger partial charge >= 0.3 is 0 Å². The Hall–Kier alpha value is -0.710. The summed E-state index contributed by atoms with van der Waals surface area (Å²) in [6.45, 7) is 2.17. The molecule has 3 atom stereocenters. The lowest BCUT2D eigenvalue weighted by Gasteiger charge is -2.21. The monoisotopic (exact) mass is 328 g/mol. The van der Waals surface area contributed by atoms with E-state index >= 15 is 0 Å². The molecule has 0 spiro atoms. The maximum Gasteiger partial charge on any atom is 0.222 e. The summed E-state index contributed by atoms with van der Waals surface area (Å²) in [7, 11) is 0. The van der Waals surface area contributed by atoms with Crippen LogP contribution >= 0.6 is 24.2 Å². The third-order valence-corrected chi connectivity index (χ3v) is 5.14. The van der Waals surface area contributed by atoms with Crippen LogP contribution < -0.4 is 11.1 Å². The first-order valence-corrected chi connectivity index (χ1v) is 8.47.